The van der Waals surface area contributed by atoms with E-state index in [9.17, 15) is 24.5 Å². The first-order valence-corrected chi connectivity index (χ1v) is 12.9. The van der Waals surface area contributed by atoms with Crippen LogP contribution in [0.3, 0.4) is 0 Å². The quantitative estimate of drug-likeness (QED) is 0.152. The van der Waals surface area contributed by atoms with Gasteiger partial charge in [0.2, 0.25) is 0 Å². The first kappa shape index (κ1) is 23.8. The predicted molar refractivity (Wildman–Crippen MR) is 147 cm³/mol. The predicted octanol–water partition coefficient (Wildman–Crippen LogP) is 5.40. The number of hydrogen-bond donors (Lipinski definition) is 0. The lowest BCUT2D eigenvalue weighted by atomic mass is 9.63. The molecule has 1 saturated heterocycles. The Balaban J connectivity index is 1.57. The molecule has 0 bridgehead atoms. The molecule has 1 spiro atoms. The molecular weight excluding hydrogens is 506 g/mol. The fraction of sp³-hybridized carbons (Fsp3) is 0.125. The molecule has 0 saturated carbocycles. The Labute approximate surface area is 228 Å². The normalized spacial score (nSPS) is 21.7. The third-order valence-electron chi connectivity index (χ3n) is 8.34. The lowest BCUT2D eigenvalue weighted by Crippen LogP contribution is -2.43. The lowest BCUT2D eigenvalue weighted by Gasteiger charge is -2.36. The molecule has 3 atom stereocenters. The van der Waals surface area contributed by atoms with Crippen molar-refractivity contribution < 1.29 is 19.3 Å². The van der Waals surface area contributed by atoms with E-state index in [1.54, 1.807) is 71.9 Å². The van der Waals surface area contributed by atoms with Gasteiger partial charge in [0.15, 0.2) is 17.3 Å². The number of fused-ring (bicyclic) bond motifs is 5. The number of nitrogens with zero attached hydrogens (tertiary/aromatic N) is 3. The van der Waals surface area contributed by atoms with Gasteiger partial charge in [-0.2, -0.15) is 5.10 Å². The van der Waals surface area contributed by atoms with E-state index in [4.69, 9.17) is 5.10 Å². The Morgan fingerprint density at radius 3 is 2.17 bits per heavy atom. The molecule has 194 valence electrons. The van der Waals surface area contributed by atoms with Crippen molar-refractivity contribution in [1.82, 2.24) is 5.01 Å². The monoisotopic (exact) mass is 527 g/mol. The van der Waals surface area contributed by atoms with Crippen LogP contribution in [0, 0.1) is 15.5 Å². The second-order valence-electron chi connectivity index (χ2n) is 10.2. The van der Waals surface area contributed by atoms with Gasteiger partial charge in [-0.05, 0) is 16.7 Å². The van der Waals surface area contributed by atoms with Crippen LogP contribution >= 0.6 is 0 Å². The van der Waals surface area contributed by atoms with E-state index < -0.39 is 39.9 Å². The van der Waals surface area contributed by atoms with Crippen LogP contribution < -0.4 is 0 Å². The molecule has 0 N–H and O–H groups in total. The first-order valence-electron chi connectivity index (χ1n) is 12.9. The van der Waals surface area contributed by atoms with Gasteiger partial charge in [-0.3, -0.25) is 29.5 Å². The summed E-state index contributed by atoms with van der Waals surface area (Å²) in [4.78, 5) is 55.0. The van der Waals surface area contributed by atoms with Gasteiger partial charge in [-0.25, -0.2) is 0 Å². The molecule has 0 aromatic heterocycles. The Hall–Kier alpha value is -5.24. The molecule has 4 aromatic rings. The number of hydrogen-bond acceptors (Lipinski definition) is 7. The largest absolute Gasteiger partial charge is 0.293 e. The minimum Gasteiger partial charge on any atom is -0.293 e. The maximum atomic E-state index is 14.7. The highest BCUT2D eigenvalue weighted by atomic mass is 16.6. The molecule has 0 amide bonds. The number of non-ortho nitro benzene ring substituents is 1. The SMILES string of the molecule is O=C(c1ccccc1)[C@@H]1[C@H](c2cccc([N+](=O)[O-])c2)C2(C(=O)c3ccccc3C2=O)[C@H]2c3ccccc3C=NN12. The topological polar surface area (TPSA) is 110 Å². The average Bonchev–Trinajstić information content (AvgIpc) is 3.43. The van der Waals surface area contributed by atoms with Gasteiger partial charge < -0.3 is 0 Å². The van der Waals surface area contributed by atoms with Gasteiger partial charge in [0.25, 0.3) is 5.69 Å². The minimum absolute atomic E-state index is 0.192. The van der Waals surface area contributed by atoms with Crippen LogP contribution in [0.2, 0.25) is 0 Å². The molecule has 8 nitrogen and oxygen atoms in total. The van der Waals surface area contributed by atoms with Gasteiger partial charge in [0.1, 0.15) is 11.5 Å². The standard InChI is InChI=1S/C32H21N3O5/c36-28(19-9-2-1-3-10-19)27-26(20-12-8-13-22(17-20)35(39)40)32(30(37)24-15-6-7-16-25(24)31(32)38)29-23-14-5-4-11-21(23)18-33-34(27)29/h1-18,26-27,29H/t26-,27-,29+/m0/s1. The number of Topliss-reactive ketones (excluding diaryl/α,β-unsaturated/α-hetero) is 3. The zero-order valence-corrected chi connectivity index (χ0v) is 21.0. The number of carbonyl (C=O) groups excluding carboxylic acids is 3. The molecule has 2 aliphatic heterocycles. The van der Waals surface area contributed by atoms with E-state index >= 15 is 0 Å². The van der Waals surface area contributed by atoms with Crippen LogP contribution in [0.1, 0.15) is 59.7 Å². The summed E-state index contributed by atoms with van der Waals surface area (Å²) < 4.78 is 0. The first-order chi connectivity index (χ1) is 19.4. The van der Waals surface area contributed by atoms with Crippen LogP contribution in [-0.2, 0) is 0 Å². The van der Waals surface area contributed by atoms with Crippen molar-refractivity contribution in [3.63, 3.8) is 0 Å². The zero-order valence-electron chi connectivity index (χ0n) is 21.0. The van der Waals surface area contributed by atoms with E-state index in [2.05, 4.69) is 0 Å². The van der Waals surface area contributed by atoms with Crippen molar-refractivity contribution in [3.05, 3.63) is 147 Å². The van der Waals surface area contributed by atoms with Crippen LogP contribution in [0.15, 0.2) is 108 Å². The van der Waals surface area contributed by atoms with Gasteiger partial charge in [0.05, 0.1) is 17.2 Å². The maximum Gasteiger partial charge on any atom is 0.269 e. The van der Waals surface area contributed by atoms with Crippen LogP contribution in [0.25, 0.3) is 0 Å². The molecule has 2 heterocycles. The number of nitro benzene ring substituents is 1. The molecule has 40 heavy (non-hydrogen) atoms. The van der Waals surface area contributed by atoms with Crippen molar-refractivity contribution in [2.75, 3.05) is 0 Å². The summed E-state index contributed by atoms with van der Waals surface area (Å²) >= 11 is 0. The van der Waals surface area contributed by atoms with Crippen molar-refractivity contribution in [2.24, 2.45) is 10.5 Å². The van der Waals surface area contributed by atoms with E-state index in [-0.39, 0.29) is 22.6 Å². The number of nitro groups is 1. The number of benzene rings is 4. The Kier molecular flexibility index (Phi) is 5.15. The van der Waals surface area contributed by atoms with Gasteiger partial charge in [-0.1, -0.05) is 91.0 Å². The summed E-state index contributed by atoms with van der Waals surface area (Å²) in [7, 11) is 0. The molecule has 1 fully saturated rings. The summed E-state index contributed by atoms with van der Waals surface area (Å²) in [6.45, 7) is 0. The number of carbonyl (C=O) groups is 3. The Bertz CT molecular complexity index is 1750. The second kappa shape index (κ2) is 8.64. The molecule has 1 aliphatic carbocycles. The van der Waals surface area contributed by atoms with Gasteiger partial charge >= 0.3 is 0 Å². The maximum absolute atomic E-state index is 14.7. The van der Waals surface area contributed by atoms with Gasteiger partial charge in [-0.15, -0.1) is 0 Å². The number of rotatable bonds is 4. The van der Waals surface area contributed by atoms with E-state index in [0.29, 0.717) is 16.7 Å². The lowest BCUT2D eigenvalue weighted by molar-refractivity contribution is -0.384. The Morgan fingerprint density at radius 2 is 1.48 bits per heavy atom. The molecule has 4 aromatic carbocycles. The number of ketones is 3. The minimum atomic E-state index is -1.78. The summed E-state index contributed by atoms with van der Waals surface area (Å²) in [5.41, 5.74) is 0.787. The van der Waals surface area contributed by atoms with Crippen molar-refractivity contribution in [3.8, 4) is 0 Å². The van der Waals surface area contributed by atoms with E-state index in [0.717, 1.165) is 5.56 Å². The van der Waals surface area contributed by atoms with E-state index in [1.165, 1.54) is 18.2 Å². The highest BCUT2D eigenvalue weighted by Gasteiger charge is 2.72. The third kappa shape index (κ3) is 3.07. The highest BCUT2D eigenvalue weighted by molar-refractivity contribution is 6.31. The summed E-state index contributed by atoms with van der Waals surface area (Å²) in [6.07, 6.45) is 1.64. The van der Waals surface area contributed by atoms with Crippen molar-refractivity contribution in [2.45, 2.75) is 18.0 Å². The van der Waals surface area contributed by atoms with Gasteiger partial charge in [0, 0.05) is 34.7 Å². The summed E-state index contributed by atoms with van der Waals surface area (Å²) in [5.74, 6) is -2.20. The summed E-state index contributed by atoms with van der Waals surface area (Å²) in [5, 5.41) is 18.1. The van der Waals surface area contributed by atoms with Crippen molar-refractivity contribution in [1.29, 1.82) is 0 Å². The zero-order chi connectivity index (χ0) is 27.6. The third-order valence-corrected chi connectivity index (χ3v) is 8.34. The average molecular weight is 528 g/mol. The van der Waals surface area contributed by atoms with Crippen LogP contribution in [-0.4, -0.2) is 39.5 Å². The molecule has 3 aliphatic rings. The Morgan fingerprint density at radius 1 is 0.825 bits per heavy atom. The molecule has 0 unspecified atom stereocenters. The molecule has 0 radical (unpaired) electrons. The fourth-order valence-electron chi connectivity index (χ4n) is 6.75. The molecular formula is C32H21N3O5. The molecule has 7 rings (SSSR count). The number of hydrazone groups is 1. The van der Waals surface area contributed by atoms with E-state index in [1.807, 2.05) is 24.3 Å². The van der Waals surface area contributed by atoms with Crippen LogP contribution in [0.5, 0.6) is 0 Å². The van der Waals surface area contributed by atoms with Crippen molar-refractivity contribution >= 4 is 29.3 Å². The highest BCUT2D eigenvalue weighted by Crippen LogP contribution is 2.64. The molecule has 8 heteroatoms. The fourth-order valence-corrected chi connectivity index (χ4v) is 6.75. The second-order valence-corrected chi connectivity index (χ2v) is 10.2. The smallest absolute Gasteiger partial charge is 0.269 e. The summed E-state index contributed by atoms with van der Waals surface area (Å²) in [6, 6.07) is 26.6. The van der Waals surface area contributed by atoms with Crippen LogP contribution in [0.4, 0.5) is 5.69 Å².